The number of carboxylic acid groups (broad SMARTS) is 1. The molecular weight excluding hydrogens is 356 g/mol. The van der Waals surface area contributed by atoms with Crippen molar-refractivity contribution < 1.29 is 19.4 Å². The Kier molecular flexibility index (Phi) is 5.42. The normalized spacial score (nSPS) is 15.3. The maximum atomic E-state index is 11.5. The third kappa shape index (κ3) is 3.51. The number of ether oxygens (including phenoxy) is 2. The lowest BCUT2D eigenvalue weighted by molar-refractivity contribution is 0.0698. The molecule has 1 aliphatic heterocycles. The molecule has 0 bridgehead atoms. The van der Waals surface area contributed by atoms with Gasteiger partial charge >= 0.3 is 5.97 Å². The van der Waals surface area contributed by atoms with Crippen molar-refractivity contribution in [2.75, 3.05) is 24.0 Å². The molecule has 2 aromatic carbocycles. The van der Waals surface area contributed by atoms with Crippen molar-refractivity contribution in [3.63, 3.8) is 0 Å². The van der Waals surface area contributed by atoms with Gasteiger partial charge in [-0.3, -0.25) is 4.42 Å². The van der Waals surface area contributed by atoms with E-state index >= 15 is 0 Å². The number of methoxy groups -OCH3 is 2. The zero-order valence-corrected chi connectivity index (χ0v) is 15.4. The summed E-state index contributed by atoms with van der Waals surface area (Å²) < 4.78 is 12.1. The molecule has 2 N–H and O–H groups in total. The predicted octanol–water partition coefficient (Wildman–Crippen LogP) is 4.14. The minimum Gasteiger partial charge on any atom is -0.497 e. The number of rotatable bonds is 7. The zero-order chi connectivity index (χ0) is 18.7. The summed E-state index contributed by atoms with van der Waals surface area (Å²) in [6.07, 6.45) is 2.30. The number of hydrogen-bond acceptors (Lipinski definition) is 5. The highest BCUT2D eigenvalue weighted by atomic mass is 35.5. The largest absolute Gasteiger partial charge is 0.497 e. The van der Waals surface area contributed by atoms with Crippen LogP contribution in [0.3, 0.4) is 0 Å². The van der Waals surface area contributed by atoms with E-state index in [1.54, 1.807) is 13.2 Å². The van der Waals surface area contributed by atoms with Gasteiger partial charge in [-0.1, -0.05) is 12.1 Å². The first-order chi connectivity index (χ1) is 12.5. The number of carboxylic acids is 1. The molecule has 0 fully saturated rings. The topological polar surface area (TPSA) is 71.0 Å². The zero-order valence-electron chi connectivity index (χ0n) is 14.7. The van der Waals surface area contributed by atoms with Crippen LogP contribution >= 0.6 is 11.8 Å². The Balaban J connectivity index is 1.70. The number of anilines is 2. The maximum absolute atomic E-state index is 11.5. The smallest absolute Gasteiger partial charge is 0.337 e. The average molecular weight is 377 g/mol. The van der Waals surface area contributed by atoms with Gasteiger partial charge in [0.05, 0.1) is 25.5 Å². The van der Waals surface area contributed by atoms with E-state index in [4.69, 9.17) is 21.3 Å². The minimum absolute atomic E-state index is 0.182. The molecule has 0 saturated heterocycles. The Morgan fingerprint density at radius 2 is 2.08 bits per heavy atom. The first-order valence-electron chi connectivity index (χ1n) is 8.34. The summed E-state index contributed by atoms with van der Waals surface area (Å²) in [5, 5.41) is 12.6. The van der Waals surface area contributed by atoms with Gasteiger partial charge < -0.3 is 19.9 Å². The van der Waals surface area contributed by atoms with Crippen molar-refractivity contribution in [2.45, 2.75) is 25.4 Å². The summed E-state index contributed by atoms with van der Waals surface area (Å²) in [6, 6.07) is 11.1. The second-order valence-electron chi connectivity index (χ2n) is 6.06. The number of hydrogen-bond donors (Lipinski definition) is 2. The van der Waals surface area contributed by atoms with Crippen LogP contribution in [0.15, 0.2) is 36.4 Å². The number of aromatic carboxylic acids is 1. The van der Waals surface area contributed by atoms with Gasteiger partial charge in [-0.05, 0) is 49.1 Å². The lowest BCUT2D eigenvalue weighted by Gasteiger charge is -2.19. The van der Waals surface area contributed by atoms with E-state index in [2.05, 4.69) is 11.4 Å². The van der Waals surface area contributed by atoms with Crippen LogP contribution in [0.1, 0.15) is 28.8 Å². The summed E-state index contributed by atoms with van der Waals surface area (Å²) in [6.45, 7) is 0. The van der Waals surface area contributed by atoms with Gasteiger partial charge in [-0.15, -0.1) is 0 Å². The Hall–Kier alpha value is -2.60. The van der Waals surface area contributed by atoms with E-state index in [9.17, 15) is 9.90 Å². The molecule has 7 heteroatoms. The molecule has 0 aromatic heterocycles. The second kappa shape index (κ2) is 7.74. The van der Waals surface area contributed by atoms with Gasteiger partial charge in [0.2, 0.25) is 0 Å². The van der Waals surface area contributed by atoms with Gasteiger partial charge in [0.25, 0.3) is 0 Å². The summed E-state index contributed by atoms with van der Waals surface area (Å²) in [5.41, 5.74) is 2.44. The van der Waals surface area contributed by atoms with Gasteiger partial charge in [-0.25, -0.2) is 4.79 Å². The molecule has 1 unspecified atom stereocenters. The van der Waals surface area contributed by atoms with Crippen LogP contribution in [-0.2, 0) is 6.42 Å². The fraction of sp³-hybridized carbons (Fsp3) is 0.316. The van der Waals surface area contributed by atoms with Gasteiger partial charge in [0.15, 0.2) is 0 Å². The molecule has 6 nitrogen and oxygen atoms in total. The van der Waals surface area contributed by atoms with Crippen LogP contribution in [0.4, 0.5) is 11.4 Å². The van der Waals surface area contributed by atoms with E-state index in [1.807, 2.05) is 18.2 Å². The molecule has 1 aliphatic rings. The van der Waals surface area contributed by atoms with Crippen molar-refractivity contribution in [3.05, 3.63) is 47.5 Å². The third-order valence-electron chi connectivity index (χ3n) is 4.47. The van der Waals surface area contributed by atoms with Crippen LogP contribution in [0.2, 0.25) is 0 Å². The number of carbonyl (C=O) groups is 1. The van der Waals surface area contributed by atoms with E-state index in [0.29, 0.717) is 17.1 Å². The molecular formula is C19H21ClN2O4. The van der Waals surface area contributed by atoms with Crippen LogP contribution in [-0.4, -0.2) is 31.5 Å². The van der Waals surface area contributed by atoms with Crippen LogP contribution in [0, 0.1) is 0 Å². The number of aryl methyl sites for hydroxylation is 1. The first kappa shape index (κ1) is 18.2. The van der Waals surface area contributed by atoms with E-state index in [0.717, 1.165) is 25.0 Å². The lowest BCUT2D eigenvalue weighted by atomic mass is 10.1. The van der Waals surface area contributed by atoms with Gasteiger partial charge in [0.1, 0.15) is 23.4 Å². The Morgan fingerprint density at radius 1 is 1.27 bits per heavy atom. The Bertz CT molecular complexity index is 812. The van der Waals surface area contributed by atoms with E-state index < -0.39 is 5.97 Å². The van der Waals surface area contributed by atoms with Crippen molar-refractivity contribution in [1.82, 2.24) is 0 Å². The Labute approximate surface area is 157 Å². The first-order valence-corrected chi connectivity index (χ1v) is 8.67. The van der Waals surface area contributed by atoms with Gasteiger partial charge in [-0.2, -0.15) is 0 Å². The number of nitrogens with zero attached hydrogens (tertiary/aromatic N) is 1. The second-order valence-corrected chi connectivity index (χ2v) is 6.42. The van der Waals surface area contributed by atoms with Crippen molar-refractivity contribution in [3.8, 4) is 11.5 Å². The molecule has 1 heterocycles. The lowest BCUT2D eigenvalue weighted by Crippen LogP contribution is -2.28. The van der Waals surface area contributed by atoms with Gasteiger partial charge in [0, 0.05) is 11.8 Å². The van der Waals surface area contributed by atoms with Crippen LogP contribution < -0.4 is 19.2 Å². The molecule has 3 rings (SSSR count). The molecule has 138 valence electrons. The number of fused-ring (bicyclic) bond motifs is 1. The highest BCUT2D eigenvalue weighted by molar-refractivity contribution is 6.29. The Morgan fingerprint density at radius 3 is 2.77 bits per heavy atom. The van der Waals surface area contributed by atoms with E-state index in [-0.39, 0.29) is 11.7 Å². The minimum atomic E-state index is -1.00. The molecule has 0 saturated carbocycles. The number of nitrogens with one attached hydrogen (secondary N) is 1. The molecule has 0 spiro atoms. The SMILES string of the molecule is COc1cccc(CCCC2Nc3c(C(=O)O)ccc(OC)c3N2Cl)c1. The maximum Gasteiger partial charge on any atom is 0.337 e. The van der Waals surface area contributed by atoms with Crippen molar-refractivity contribution in [1.29, 1.82) is 0 Å². The molecule has 2 aromatic rings. The molecule has 26 heavy (non-hydrogen) atoms. The fourth-order valence-electron chi connectivity index (χ4n) is 3.17. The average Bonchev–Trinajstić information content (AvgIpc) is 2.98. The summed E-state index contributed by atoms with van der Waals surface area (Å²) in [4.78, 5) is 11.5. The predicted molar refractivity (Wildman–Crippen MR) is 102 cm³/mol. The molecule has 0 aliphatic carbocycles. The van der Waals surface area contributed by atoms with Crippen molar-refractivity contribution in [2.24, 2.45) is 0 Å². The number of halogens is 1. The summed E-state index contributed by atoms with van der Waals surface area (Å²) in [7, 11) is 3.19. The summed E-state index contributed by atoms with van der Waals surface area (Å²) >= 11 is 6.48. The number of benzene rings is 2. The highest BCUT2D eigenvalue weighted by Gasteiger charge is 2.33. The molecule has 0 amide bonds. The monoisotopic (exact) mass is 376 g/mol. The molecule has 1 atom stereocenters. The standard InChI is InChI=1S/C19H21ClN2O4/c1-25-13-7-3-5-12(11-13)6-4-8-16-21-17-14(19(23)24)9-10-15(26-2)18(17)22(16)20/h3,5,7,9-11,16,21H,4,6,8H2,1-2H3,(H,23,24). The third-order valence-corrected chi connectivity index (χ3v) is 4.87. The summed E-state index contributed by atoms with van der Waals surface area (Å²) in [5.74, 6) is 0.380. The van der Waals surface area contributed by atoms with Crippen LogP contribution in [0.25, 0.3) is 0 Å². The van der Waals surface area contributed by atoms with Crippen LogP contribution in [0.5, 0.6) is 11.5 Å². The van der Waals surface area contributed by atoms with Crippen molar-refractivity contribution >= 4 is 29.1 Å². The van der Waals surface area contributed by atoms with E-state index in [1.165, 1.54) is 23.2 Å². The molecule has 0 radical (unpaired) electrons. The fourth-order valence-corrected chi connectivity index (χ4v) is 3.48. The highest BCUT2D eigenvalue weighted by Crippen LogP contribution is 2.46. The quantitative estimate of drug-likeness (QED) is 0.708.